The third kappa shape index (κ3) is 1.25. The molecule has 3 heteroatoms. The molecule has 1 saturated carbocycles. The van der Waals surface area contributed by atoms with Gasteiger partial charge in [0, 0.05) is 13.2 Å². The van der Waals surface area contributed by atoms with Gasteiger partial charge in [-0.2, -0.15) is 0 Å². The zero-order valence-corrected chi connectivity index (χ0v) is 6.32. The van der Waals surface area contributed by atoms with Crippen LogP contribution in [0.1, 0.15) is 12.8 Å². The van der Waals surface area contributed by atoms with Crippen LogP contribution in [0.15, 0.2) is 0 Å². The molecule has 0 spiro atoms. The fourth-order valence-electron chi connectivity index (χ4n) is 1.91. The van der Waals surface area contributed by atoms with Crippen LogP contribution >= 0.6 is 0 Å². The topological polar surface area (TPSA) is 46.5 Å². The number of carbonyl (C=O) groups is 1. The van der Waals surface area contributed by atoms with Gasteiger partial charge in [0.25, 0.3) is 0 Å². The quantitative estimate of drug-likeness (QED) is 0.641. The molecule has 0 aromatic heterocycles. The molecule has 1 N–H and O–H groups in total. The largest absolute Gasteiger partial charge is 0.481 e. The molecule has 2 fully saturated rings. The number of aliphatic carboxylic acids is 1. The van der Waals surface area contributed by atoms with Gasteiger partial charge in [-0.1, -0.05) is 0 Å². The van der Waals surface area contributed by atoms with Gasteiger partial charge in [-0.15, -0.1) is 0 Å². The number of rotatable bonds is 2. The molecule has 11 heavy (non-hydrogen) atoms. The van der Waals surface area contributed by atoms with Crippen LogP contribution in [0.25, 0.3) is 0 Å². The second-order valence-corrected chi connectivity index (χ2v) is 3.47. The molecular formula is C8H12O3. The first-order valence-electron chi connectivity index (χ1n) is 4.09. The molecule has 0 bridgehead atoms. The maximum Gasteiger partial charge on any atom is 0.306 e. The Bertz CT molecular complexity index is 172. The highest BCUT2D eigenvalue weighted by molar-refractivity contribution is 5.73. The SMILES string of the molecule is O=C(O)[C@H]1C[C@@H]1C1CCOC1. The van der Waals surface area contributed by atoms with E-state index in [1.165, 1.54) is 0 Å². The van der Waals surface area contributed by atoms with Gasteiger partial charge in [0.1, 0.15) is 0 Å². The zero-order valence-electron chi connectivity index (χ0n) is 6.32. The fraction of sp³-hybridized carbons (Fsp3) is 0.875. The van der Waals surface area contributed by atoms with E-state index < -0.39 is 5.97 Å². The summed E-state index contributed by atoms with van der Waals surface area (Å²) in [6, 6.07) is 0. The van der Waals surface area contributed by atoms with Gasteiger partial charge < -0.3 is 9.84 Å². The predicted octanol–water partition coefficient (Wildman–Crippen LogP) is 0.744. The lowest BCUT2D eigenvalue weighted by atomic mass is 10.0. The molecule has 1 heterocycles. The number of ether oxygens (including phenoxy) is 1. The third-order valence-corrected chi connectivity index (χ3v) is 2.73. The Morgan fingerprint density at radius 3 is 2.82 bits per heavy atom. The van der Waals surface area contributed by atoms with Gasteiger partial charge >= 0.3 is 5.97 Å². The maximum atomic E-state index is 10.5. The summed E-state index contributed by atoms with van der Waals surface area (Å²) in [6.45, 7) is 1.61. The van der Waals surface area contributed by atoms with Crippen LogP contribution in [0.4, 0.5) is 0 Å². The van der Waals surface area contributed by atoms with Gasteiger partial charge in [0.05, 0.1) is 5.92 Å². The van der Waals surface area contributed by atoms with E-state index in [4.69, 9.17) is 9.84 Å². The van der Waals surface area contributed by atoms with E-state index >= 15 is 0 Å². The average Bonchev–Trinajstić information content (AvgIpc) is 2.60. The Labute approximate surface area is 65.4 Å². The van der Waals surface area contributed by atoms with Crippen LogP contribution in [0, 0.1) is 17.8 Å². The van der Waals surface area contributed by atoms with E-state index in [2.05, 4.69) is 0 Å². The first kappa shape index (κ1) is 7.10. The fourth-order valence-corrected chi connectivity index (χ4v) is 1.91. The first-order chi connectivity index (χ1) is 5.29. The summed E-state index contributed by atoms with van der Waals surface area (Å²) in [4.78, 5) is 10.5. The molecule has 2 aliphatic rings. The van der Waals surface area contributed by atoms with Crippen molar-refractivity contribution in [3.8, 4) is 0 Å². The Morgan fingerprint density at radius 1 is 1.55 bits per heavy atom. The lowest BCUT2D eigenvalue weighted by Crippen LogP contribution is -2.08. The van der Waals surface area contributed by atoms with Crippen LogP contribution in [0.5, 0.6) is 0 Å². The van der Waals surface area contributed by atoms with E-state index in [9.17, 15) is 4.79 Å². The van der Waals surface area contributed by atoms with Gasteiger partial charge in [-0.25, -0.2) is 0 Å². The van der Waals surface area contributed by atoms with Crippen molar-refractivity contribution in [2.45, 2.75) is 12.8 Å². The number of hydrogen-bond donors (Lipinski definition) is 1. The Morgan fingerprint density at radius 2 is 2.36 bits per heavy atom. The Kier molecular flexibility index (Phi) is 1.60. The molecule has 1 aliphatic heterocycles. The molecule has 0 aromatic carbocycles. The number of carboxylic acids is 1. The maximum absolute atomic E-state index is 10.5. The molecular weight excluding hydrogens is 144 g/mol. The Hall–Kier alpha value is -0.570. The Balaban J connectivity index is 1.85. The molecule has 3 atom stereocenters. The molecule has 0 aromatic rings. The molecule has 62 valence electrons. The number of hydrogen-bond acceptors (Lipinski definition) is 2. The monoisotopic (exact) mass is 156 g/mol. The highest BCUT2D eigenvalue weighted by Crippen LogP contribution is 2.47. The highest BCUT2D eigenvalue weighted by Gasteiger charge is 2.48. The third-order valence-electron chi connectivity index (χ3n) is 2.73. The lowest BCUT2D eigenvalue weighted by Gasteiger charge is -2.02. The molecule has 1 unspecified atom stereocenters. The van der Waals surface area contributed by atoms with Crippen molar-refractivity contribution in [2.75, 3.05) is 13.2 Å². The van der Waals surface area contributed by atoms with Gasteiger partial charge in [-0.3, -0.25) is 4.79 Å². The summed E-state index contributed by atoms with van der Waals surface area (Å²) >= 11 is 0. The summed E-state index contributed by atoms with van der Waals surface area (Å²) in [5.41, 5.74) is 0. The summed E-state index contributed by atoms with van der Waals surface area (Å²) < 4.78 is 5.19. The second kappa shape index (κ2) is 2.48. The molecule has 1 saturated heterocycles. The summed E-state index contributed by atoms with van der Waals surface area (Å²) in [5.74, 6) is 0.287. The molecule has 2 rings (SSSR count). The van der Waals surface area contributed by atoms with Gasteiger partial charge in [0.2, 0.25) is 0 Å². The summed E-state index contributed by atoms with van der Waals surface area (Å²) in [5, 5.41) is 8.64. The minimum atomic E-state index is -0.623. The molecule has 3 nitrogen and oxygen atoms in total. The van der Waals surface area contributed by atoms with Crippen LogP contribution < -0.4 is 0 Å². The minimum Gasteiger partial charge on any atom is -0.481 e. The van der Waals surface area contributed by atoms with Crippen molar-refractivity contribution >= 4 is 5.97 Å². The minimum absolute atomic E-state index is 0.0540. The van der Waals surface area contributed by atoms with E-state index in [0.29, 0.717) is 11.8 Å². The summed E-state index contributed by atoms with van der Waals surface area (Å²) in [6.07, 6.45) is 1.94. The standard InChI is InChI=1S/C8H12O3/c9-8(10)7-3-6(7)5-1-2-11-4-5/h5-7H,1-4H2,(H,9,10)/t5?,6-,7+/m1/s1. The van der Waals surface area contributed by atoms with Crippen molar-refractivity contribution in [2.24, 2.45) is 17.8 Å². The van der Waals surface area contributed by atoms with Crippen molar-refractivity contribution in [1.82, 2.24) is 0 Å². The number of carboxylic acid groups (broad SMARTS) is 1. The van der Waals surface area contributed by atoms with Crippen LogP contribution in [-0.2, 0) is 9.53 Å². The van der Waals surface area contributed by atoms with Crippen molar-refractivity contribution in [3.63, 3.8) is 0 Å². The van der Waals surface area contributed by atoms with Crippen molar-refractivity contribution in [1.29, 1.82) is 0 Å². The smallest absolute Gasteiger partial charge is 0.306 e. The second-order valence-electron chi connectivity index (χ2n) is 3.47. The van der Waals surface area contributed by atoms with Crippen LogP contribution in [-0.4, -0.2) is 24.3 Å². The molecule has 0 amide bonds. The normalized spacial score (nSPS) is 42.4. The van der Waals surface area contributed by atoms with E-state index in [0.717, 1.165) is 26.1 Å². The lowest BCUT2D eigenvalue weighted by molar-refractivity contribution is -0.139. The van der Waals surface area contributed by atoms with E-state index in [1.807, 2.05) is 0 Å². The van der Waals surface area contributed by atoms with E-state index in [-0.39, 0.29) is 5.92 Å². The average molecular weight is 156 g/mol. The van der Waals surface area contributed by atoms with Crippen LogP contribution in [0.2, 0.25) is 0 Å². The summed E-state index contributed by atoms with van der Waals surface area (Å²) in [7, 11) is 0. The molecule has 1 aliphatic carbocycles. The first-order valence-corrected chi connectivity index (χ1v) is 4.09. The van der Waals surface area contributed by atoms with Crippen LogP contribution in [0.3, 0.4) is 0 Å². The predicted molar refractivity (Wildman–Crippen MR) is 38.2 cm³/mol. The highest BCUT2D eigenvalue weighted by atomic mass is 16.5. The van der Waals surface area contributed by atoms with Crippen molar-refractivity contribution < 1.29 is 14.6 Å². The van der Waals surface area contributed by atoms with E-state index in [1.54, 1.807) is 0 Å². The molecule has 0 radical (unpaired) electrons. The van der Waals surface area contributed by atoms with Gasteiger partial charge in [0.15, 0.2) is 0 Å². The zero-order chi connectivity index (χ0) is 7.84. The van der Waals surface area contributed by atoms with Crippen molar-refractivity contribution in [3.05, 3.63) is 0 Å². The van der Waals surface area contributed by atoms with Gasteiger partial charge in [-0.05, 0) is 24.7 Å².